The molecule has 3 aromatic heterocycles. The van der Waals surface area contributed by atoms with Crippen LogP contribution in [0.25, 0.3) is 39.5 Å². The van der Waals surface area contributed by atoms with Crippen LogP contribution in [0.15, 0.2) is 79.0 Å². The molecule has 4 heterocycles. The van der Waals surface area contributed by atoms with Crippen molar-refractivity contribution in [1.29, 1.82) is 0 Å². The second kappa shape index (κ2) is 10.7. The maximum absolute atomic E-state index is 14.0. The molecule has 4 N–H and O–H groups in total. The minimum Gasteiger partial charge on any atom is -0.465 e. The largest absolute Gasteiger partial charge is 0.465 e. The molecule has 1 aliphatic rings. The molecule has 1 amide bonds. The average Bonchev–Trinajstić information content (AvgIpc) is 3.33. The van der Waals surface area contributed by atoms with E-state index in [-0.39, 0.29) is 11.9 Å². The first-order valence-corrected chi connectivity index (χ1v) is 13.1. The van der Waals surface area contributed by atoms with Gasteiger partial charge in [-0.3, -0.25) is 9.47 Å². The molecule has 0 bridgehead atoms. The van der Waals surface area contributed by atoms with Crippen molar-refractivity contribution in [2.75, 3.05) is 18.8 Å². The predicted octanol–water partition coefficient (Wildman–Crippen LogP) is 5.10. The third-order valence-electron chi connectivity index (χ3n) is 7.22. The molecule has 0 saturated carbocycles. The molecule has 0 spiro atoms. The van der Waals surface area contributed by atoms with Crippen LogP contribution in [0.1, 0.15) is 18.4 Å². The molecule has 2 aromatic carbocycles. The highest BCUT2D eigenvalue weighted by molar-refractivity contribution is 5.84. The number of piperidine rings is 1. The highest BCUT2D eigenvalue weighted by atomic mass is 19.1. The van der Waals surface area contributed by atoms with Crippen molar-refractivity contribution in [3.05, 3.63) is 90.4 Å². The first kappa shape index (κ1) is 25.4. The Morgan fingerprint density at radius 2 is 1.82 bits per heavy atom. The maximum atomic E-state index is 14.0. The summed E-state index contributed by atoms with van der Waals surface area (Å²) in [7, 11) is 0. The second-order valence-electron chi connectivity index (χ2n) is 9.92. The number of carbonyl (C=O) groups is 1. The van der Waals surface area contributed by atoms with Crippen molar-refractivity contribution in [1.82, 2.24) is 29.7 Å². The third-order valence-corrected chi connectivity index (χ3v) is 7.22. The normalized spacial score (nSPS) is 14.4. The Bertz CT molecular complexity index is 1680. The number of imidazole rings is 1. The van der Waals surface area contributed by atoms with Crippen LogP contribution in [0.2, 0.25) is 0 Å². The summed E-state index contributed by atoms with van der Waals surface area (Å²) in [6.07, 6.45) is 2.26. The second-order valence-corrected chi connectivity index (χ2v) is 9.92. The van der Waals surface area contributed by atoms with Crippen LogP contribution in [0, 0.1) is 5.82 Å². The van der Waals surface area contributed by atoms with Crippen molar-refractivity contribution in [2.24, 2.45) is 0 Å². The lowest BCUT2D eigenvalue weighted by molar-refractivity contribution is 0.165. The highest BCUT2D eigenvalue weighted by Crippen LogP contribution is 2.32. The van der Waals surface area contributed by atoms with E-state index in [2.05, 4.69) is 27.3 Å². The number of anilines is 1. The van der Waals surface area contributed by atoms with Gasteiger partial charge in [0.25, 0.3) is 0 Å². The average molecular weight is 538 g/mol. The fourth-order valence-electron chi connectivity index (χ4n) is 5.22. The number of nitrogens with zero attached hydrogens (tertiary/aromatic N) is 5. The first-order chi connectivity index (χ1) is 19.4. The number of likely N-dealkylation sites (tertiary alicyclic amines) is 1. The van der Waals surface area contributed by atoms with Crippen LogP contribution < -0.4 is 11.1 Å². The van der Waals surface area contributed by atoms with Gasteiger partial charge >= 0.3 is 6.09 Å². The molecule has 1 saturated heterocycles. The number of rotatable bonds is 6. The van der Waals surface area contributed by atoms with Crippen LogP contribution in [0.3, 0.4) is 0 Å². The summed E-state index contributed by atoms with van der Waals surface area (Å²) in [6, 6.07) is 22.0. The number of aromatic nitrogens is 4. The SMILES string of the molecule is Nc1ncccc1-c1nc2ccc(-c3cccc(F)c3)nc2n1-c1ccc(CN2CCC(NC(=O)O)CC2)cc1. The number of benzene rings is 2. The van der Waals surface area contributed by atoms with Gasteiger partial charge in [0.15, 0.2) is 11.5 Å². The summed E-state index contributed by atoms with van der Waals surface area (Å²) in [4.78, 5) is 27.3. The van der Waals surface area contributed by atoms with Gasteiger partial charge in [-0.25, -0.2) is 24.1 Å². The molecule has 0 radical (unpaired) electrons. The van der Waals surface area contributed by atoms with Crippen LogP contribution in [-0.2, 0) is 6.54 Å². The molecule has 0 unspecified atom stereocenters. The molecule has 0 atom stereocenters. The fourth-order valence-corrected chi connectivity index (χ4v) is 5.22. The summed E-state index contributed by atoms with van der Waals surface area (Å²) in [5.74, 6) is 0.654. The molecule has 1 fully saturated rings. The Morgan fingerprint density at radius 1 is 1.02 bits per heavy atom. The van der Waals surface area contributed by atoms with Crippen LogP contribution in [0.5, 0.6) is 0 Å². The van der Waals surface area contributed by atoms with E-state index in [4.69, 9.17) is 20.8 Å². The molecule has 9 nitrogen and oxygen atoms in total. The Balaban J connectivity index is 1.35. The molecule has 1 aliphatic heterocycles. The number of fused-ring (bicyclic) bond motifs is 1. The van der Waals surface area contributed by atoms with E-state index in [1.807, 2.05) is 47.0 Å². The predicted molar refractivity (Wildman–Crippen MR) is 151 cm³/mol. The van der Waals surface area contributed by atoms with E-state index >= 15 is 0 Å². The monoisotopic (exact) mass is 537 g/mol. The zero-order valence-electron chi connectivity index (χ0n) is 21.7. The molecular weight excluding hydrogens is 509 g/mol. The number of carboxylic acid groups (broad SMARTS) is 1. The van der Waals surface area contributed by atoms with Crippen molar-refractivity contribution in [3.63, 3.8) is 0 Å². The third kappa shape index (κ3) is 5.21. The van der Waals surface area contributed by atoms with E-state index in [0.717, 1.165) is 43.7 Å². The smallest absolute Gasteiger partial charge is 0.404 e. The van der Waals surface area contributed by atoms with Crippen molar-refractivity contribution < 1.29 is 14.3 Å². The van der Waals surface area contributed by atoms with E-state index < -0.39 is 6.09 Å². The van der Waals surface area contributed by atoms with Gasteiger partial charge in [0, 0.05) is 43.1 Å². The highest BCUT2D eigenvalue weighted by Gasteiger charge is 2.21. The lowest BCUT2D eigenvalue weighted by Crippen LogP contribution is -2.43. The van der Waals surface area contributed by atoms with E-state index in [0.29, 0.717) is 39.6 Å². The Hall–Kier alpha value is -4.83. The summed E-state index contributed by atoms with van der Waals surface area (Å²) in [6.45, 7) is 2.43. The van der Waals surface area contributed by atoms with Gasteiger partial charge in [0.1, 0.15) is 17.2 Å². The van der Waals surface area contributed by atoms with Crippen molar-refractivity contribution in [2.45, 2.75) is 25.4 Å². The van der Waals surface area contributed by atoms with E-state index in [1.165, 1.54) is 12.1 Å². The standard InChI is InChI=1S/C30H28FN7O2/c31-21-4-1-3-20(17-21)25-10-11-26-29(35-25)38(28(36-26)24-5-2-14-33-27(24)32)23-8-6-19(7-9-23)18-37-15-12-22(13-16-37)34-30(39)40/h1-11,14,17,22,34H,12-13,15-16,18H2,(H2,32,33)(H,39,40). The molecule has 202 valence electrons. The number of amides is 1. The minimum atomic E-state index is -0.967. The molecule has 0 aliphatic carbocycles. The lowest BCUT2D eigenvalue weighted by Gasteiger charge is -2.31. The Kier molecular flexibility index (Phi) is 6.83. The van der Waals surface area contributed by atoms with Crippen LogP contribution >= 0.6 is 0 Å². The summed E-state index contributed by atoms with van der Waals surface area (Å²) in [5, 5.41) is 11.6. The van der Waals surface area contributed by atoms with Gasteiger partial charge in [-0.15, -0.1) is 0 Å². The number of halogens is 1. The first-order valence-electron chi connectivity index (χ1n) is 13.1. The molecule has 10 heteroatoms. The number of hydrogen-bond acceptors (Lipinski definition) is 6. The number of hydrogen-bond donors (Lipinski definition) is 3. The molecular formula is C30H28FN7O2. The number of nitrogen functional groups attached to an aromatic ring is 1. The van der Waals surface area contributed by atoms with Gasteiger partial charge in [-0.05, 0) is 66.9 Å². The van der Waals surface area contributed by atoms with Crippen molar-refractivity contribution >= 4 is 23.1 Å². The van der Waals surface area contributed by atoms with Gasteiger partial charge in [0.05, 0.1) is 11.3 Å². The topological polar surface area (TPSA) is 122 Å². The maximum Gasteiger partial charge on any atom is 0.404 e. The van der Waals surface area contributed by atoms with Crippen LogP contribution in [0.4, 0.5) is 15.0 Å². The molecule has 6 rings (SSSR count). The number of pyridine rings is 2. The Labute approximate surface area is 230 Å². The van der Waals surface area contributed by atoms with Crippen LogP contribution in [-0.4, -0.2) is 54.8 Å². The van der Waals surface area contributed by atoms with Gasteiger partial charge < -0.3 is 16.2 Å². The van der Waals surface area contributed by atoms with Gasteiger partial charge in [-0.1, -0.05) is 24.3 Å². The van der Waals surface area contributed by atoms with Gasteiger partial charge in [-0.2, -0.15) is 0 Å². The summed E-state index contributed by atoms with van der Waals surface area (Å²) >= 11 is 0. The van der Waals surface area contributed by atoms with Gasteiger partial charge in [0.2, 0.25) is 0 Å². The molecule has 40 heavy (non-hydrogen) atoms. The molecule has 5 aromatic rings. The quantitative estimate of drug-likeness (QED) is 0.275. The fraction of sp³-hybridized carbons (Fsp3) is 0.200. The zero-order chi connectivity index (χ0) is 27.6. The summed E-state index contributed by atoms with van der Waals surface area (Å²) in [5.41, 5.74) is 11.6. The zero-order valence-corrected chi connectivity index (χ0v) is 21.7. The van der Waals surface area contributed by atoms with E-state index in [1.54, 1.807) is 12.3 Å². The minimum absolute atomic E-state index is 0.00810. The van der Waals surface area contributed by atoms with E-state index in [9.17, 15) is 9.18 Å². The van der Waals surface area contributed by atoms with Crippen molar-refractivity contribution in [3.8, 4) is 28.3 Å². The number of nitrogens with two attached hydrogens (primary N) is 1. The lowest BCUT2D eigenvalue weighted by atomic mass is 10.0. The number of nitrogens with one attached hydrogen (secondary N) is 1. The Morgan fingerprint density at radius 3 is 2.55 bits per heavy atom. The summed E-state index contributed by atoms with van der Waals surface area (Å²) < 4.78 is 15.9.